The van der Waals surface area contributed by atoms with Crippen molar-refractivity contribution < 1.29 is 5.11 Å². The van der Waals surface area contributed by atoms with Crippen molar-refractivity contribution in [3.05, 3.63) is 65.0 Å². The number of benzene rings is 1. The SMILES string of the molecule is Cc1ccc(C)c(C(O)CNCc2cccnc2)c1. The van der Waals surface area contributed by atoms with E-state index in [1.54, 1.807) is 6.20 Å². The monoisotopic (exact) mass is 256 g/mol. The molecule has 0 aliphatic carbocycles. The van der Waals surface area contributed by atoms with Gasteiger partial charge in [-0.05, 0) is 36.6 Å². The molecule has 3 nitrogen and oxygen atoms in total. The number of hydrogen-bond acceptors (Lipinski definition) is 3. The van der Waals surface area contributed by atoms with E-state index in [-0.39, 0.29) is 0 Å². The summed E-state index contributed by atoms with van der Waals surface area (Å²) in [7, 11) is 0. The predicted molar refractivity (Wildman–Crippen MR) is 76.8 cm³/mol. The summed E-state index contributed by atoms with van der Waals surface area (Å²) in [6.45, 7) is 5.33. The Bertz CT molecular complexity index is 526. The van der Waals surface area contributed by atoms with Crippen molar-refractivity contribution in [2.45, 2.75) is 26.5 Å². The third-order valence-corrected chi connectivity index (χ3v) is 3.18. The number of aryl methyl sites for hydroxylation is 2. The molecule has 19 heavy (non-hydrogen) atoms. The second-order valence-corrected chi connectivity index (χ2v) is 4.87. The minimum Gasteiger partial charge on any atom is -0.387 e. The summed E-state index contributed by atoms with van der Waals surface area (Å²) in [5, 5.41) is 13.5. The van der Waals surface area contributed by atoms with E-state index in [1.165, 1.54) is 5.56 Å². The lowest BCUT2D eigenvalue weighted by atomic mass is 10.0. The van der Waals surface area contributed by atoms with Gasteiger partial charge in [0.25, 0.3) is 0 Å². The van der Waals surface area contributed by atoms with Crippen molar-refractivity contribution in [1.29, 1.82) is 0 Å². The van der Waals surface area contributed by atoms with Crippen LogP contribution in [-0.2, 0) is 6.54 Å². The molecule has 1 atom stereocenters. The van der Waals surface area contributed by atoms with Crippen molar-refractivity contribution in [1.82, 2.24) is 10.3 Å². The molecule has 2 N–H and O–H groups in total. The first-order valence-corrected chi connectivity index (χ1v) is 6.51. The molecule has 2 aromatic rings. The van der Waals surface area contributed by atoms with Crippen LogP contribution >= 0.6 is 0 Å². The highest BCUT2D eigenvalue weighted by Gasteiger charge is 2.10. The minimum absolute atomic E-state index is 0.475. The van der Waals surface area contributed by atoms with Crippen LogP contribution in [0.2, 0.25) is 0 Å². The van der Waals surface area contributed by atoms with E-state index < -0.39 is 6.10 Å². The van der Waals surface area contributed by atoms with E-state index in [4.69, 9.17) is 0 Å². The molecule has 3 heteroatoms. The second-order valence-electron chi connectivity index (χ2n) is 4.87. The van der Waals surface area contributed by atoms with Gasteiger partial charge >= 0.3 is 0 Å². The Morgan fingerprint density at radius 1 is 1.26 bits per heavy atom. The lowest BCUT2D eigenvalue weighted by Gasteiger charge is -2.15. The van der Waals surface area contributed by atoms with Crippen LogP contribution < -0.4 is 5.32 Å². The van der Waals surface area contributed by atoms with Crippen LogP contribution in [-0.4, -0.2) is 16.6 Å². The molecule has 2 rings (SSSR count). The summed E-state index contributed by atoms with van der Waals surface area (Å²) < 4.78 is 0. The van der Waals surface area contributed by atoms with Crippen LogP contribution in [0.15, 0.2) is 42.7 Å². The van der Waals surface area contributed by atoms with Gasteiger partial charge in [0.2, 0.25) is 0 Å². The van der Waals surface area contributed by atoms with Gasteiger partial charge in [-0.3, -0.25) is 4.98 Å². The number of hydrogen-bond donors (Lipinski definition) is 2. The Kier molecular flexibility index (Phi) is 4.66. The quantitative estimate of drug-likeness (QED) is 0.864. The average molecular weight is 256 g/mol. The van der Waals surface area contributed by atoms with Crippen molar-refractivity contribution in [3.63, 3.8) is 0 Å². The molecule has 0 aliphatic rings. The smallest absolute Gasteiger partial charge is 0.0917 e. The second kappa shape index (κ2) is 6.45. The number of rotatable bonds is 5. The van der Waals surface area contributed by atoms with Gasteiger partial charge in [0, 0.05) is 25.5 Å². The van der Waals surface area contributed by atoms with Gasteiger partial charge in [-0.15, -0.1) is 0 Å². The molecule has 0 saturated heterocycles. The van der Waals surface area contributed by atoms with Crippen LogP contribution in [0.1, 0.15) is 28.4 Å². The first-order chi connectivity index (χ1) is 9.16. The molecule has 0 amide bonds. The molecule has 0 bridgehead atoms. The highest BCUT2D eigenvalue weighted by molar-refractivity contribution is 5.32. The summed E-state index contributed by atoms with van der Waals surface area (Å²) in [6.07, 6.45) is 3.11. The van der Waals surface area contributed by atoms with E-state index in [0.29, 0.717) is 6.54 Å². The topological polar surface area (TPSA) is 45.1 Å². The van der Waals surface area contributed by atoms with Crippen molar-refractivity contribution in [3.8, 4) is 0 Å². The summed E-state index contributed by atoms with van der Waals surface area (Å²) in [5.74, 6) is 0. The van der Waals surface area contributed by atoms with Gasteiger partial charge in [-0.1, -0.05) is 29.8 Å². The summed E-state index contributed by atoms with van der Waals surface area (Å²) >= 11 is 0. The molecule has 100 valence electrons. The average Bonchev–Trinajstić information content (AvgIpc) is 2.42. The van der Waals surface area contributed by atoms with E-state index in [2.05, 4.69) is 22.4 Å². The third-order valence-electron chi connectivity index (χ3n) is 3.18. The normalized spacial score (nSPS) is 12.4. The number of aliphatic hydroxyl groups excluding tert-OH is 1. The molecule has 0 aliphatic heterocycles. The van der Waals surface area contributed by atoms with Crippen LogP contribution in [0.5, 0.6) is 0 Å². The maximum atomic E-state index is 10.2. The van der Waals surface area contributed by atoms with E-state index in [9.17, 15) is 5.11 Å². The summed E-state index contributed by atoms with van der Waals surface area (Å²) in [4.78, 5) is 4.06. The lowest BCUT2D eigenvalue weighted by Crippen LogP contribution is -2.21. The maximum absolute atomic E-state index is 10.2. The van der Waals surface area contributed by atoms with E-state index in [0.717, 1.165) is 23.2 Å². The van der Waals surface area contributed by atoms with Crippen molar-refractivity contribution in [2.24, 2.45) is 0 Å². The first kappa shape index (κ1) is 13.7. The zero-order valence-corrected chi connectivity index (χ0v) is 11.4. The van der Waals surface area contributed by atoms with Crippen LogP contribution in [0.25, 0.3) is 0 Å². The molecule has 1 aromatic carbocycles. The minimum atomic E-state index is -0.475. The Hall–Kier alpha value is -1.71. The fraction of sp³-hybridized carbons (Fsp3) is 0.312. The molecule has 0 fully saturated rings. The molecule has 1 heterocycles. The molecular formula is C16H20N2O. The number of nitrogens with one attached hydrogen (secondary N) is 1. The Balaban J connectivity index is 1.91. The summed E-state index contributed by atoms with van der Waals surface area (Å²) in [6, 6.07) is 10.1. The molecule has 0 radical (unpaired) electrons. The molecule has 1 unspecified atom stereocenters. The largest absolute Gasteiger partial charge is 0.387 e. The number of pyridine rings is 1. The van der Waals surface area contributed by atoms with Gasteiger partial charge in [0.1, 0.15) is 0 Å². The standard InChI is InChI=1S/C16H20N2O/c1-12-5-6-13(2)15(8-12)16(19)11-18-10-14-4-3-7-17-9-14/h3-9,16,18-19H,10-11H2,1-2H3. The highest BCUT2D eigenvalue weighted by atomic mass is 16.3. The van der Waals surface area contributed by atoms with Crippen molar-refractivity contribution >= 4 is 0 Å². The van der Waals surface area contributed by atoms with Crippen molar-refractivity contribution in [2.75, 3.05) is 6.54 Å². The lowest BCUT2D eigenvalue weighted by molar-refractivity contribution is 0.173. The van der Waals surface area contributed by atoms with Crippen LogP contribution in [0.3, 0.4) is 0 Å². The van der Waals surface area contributed by atoms with Gasteiger partial charge in [-0.2, -0.15) is 0 Å². The zero-order chi connectivity index (χ0) is 13.7. The Morgan fingerprint density at radius 2 is 2.11 bits per heavy atom. The highest BCUT2D eigenvalue weighted by Crippen LogP contribution is 2.18. The van der Waals surface area contributed by atoms with E-state index >= 15 is 0 Å². The number of aromatic nitrogens is 1. The zero-order valence-electron chi connectivity index (χ0n) is 11.4. The van der Waals surface area contributed by atoms with Crippen LogP contribution in [0.4, 0.5) is 0 Å². The number of aliphatic hydroxyl groups is 1. The molecule has 1 aromatic heterocycles. The fourth-order valence-corrected chi connectivity index (χ4v) is 2.08. The Morgan fingerprint density at radius 3 is 2.84 bits per heavy atom. The van der Waals surface area contributed by atoms with Gasteiger partial charge in [0.05, 0.1) is 6.10 Å². The molecular weight excluding hydrogens is 236 g/mol. The first-order valence-electron chi connectivity index (χ1n) is 6.51. The van der Waals surface area contributed by atoms with Gasteiger partial charge < -0.3 is 10.4 Å². The van der Waals surface area contributed by atoms with Gasteiger partial charge in [0.15, 0.2) is 0 Å². The molecule has 0 saturated carbocycles. The predicted octanol–water partition coefficient (Wildman–Crippen LogP) is 2.52. The van der Waals surface area contributed by atoms with E-state index in [1.807, 2.05) is 38.2 Å². The van der Waals surface area contributed by atoms with Gasteiger partial charge in [-0.25, -0.2) is 0 Å². The summed E-state index contributed by atoms with van der Waals surface area (Å²) in [5.41, 5.74) is 4.42. The fourth-order valence-electron chi connectivity index (χ4n) is 2.08. The third kappa shape index (κ3) is 3.88. The van der Waals surface area contributed by atoms with Crippen LogP contribution in [0, 0.1) is 13.8 Å². The Labute approximate surface area is 114 Å². The maximum Gasteiger partial charge on any atom is 0.0917 e. The number of nitrogens with zero attached hydrogens (tertiary/aromatic N) is 1. The molecule has 0 spiro atoms.